The number of fused-ring (bicyclic) bond motifs is 1. The van der Waals surface area contributed by atoms with Gasteiger partial charge in [-0.1, -0.05) is 72.8 Å². The van der Waals surface area contributed by atoms with Gasteiger partial charge >= 0.3 is 0 Å². The fourth-order valence-electron chi connectivity index (χ4n) is 4.14. The van der Waals surface area contributed by atoms with Crippen LogP contribution in [-0.2, 0) is 11.2 Å². The van der Waals surface area contributed by atoms with Crippen molar-refractivity contribution in [2.24, 2.45) is 0 Å². The van der Waals surface area contributed by atoms with Crippen molar-refractivity contribution in [3.63, 3.8) is 0 Å². The van der Waals surface area contributed by atoms with Crippen molar-refractivity contribution in [3.8, 4) is 0 Å². The summed E-state index contributed by atoms with van der Waals surface area (Å²) in [7, 11) is 0. The van der Waals surface area contributed by atoms with E-state index in [-0.39, 0.29) is 17.6 Å². The van der Waals surface area contributed by atoms with Crippen molar-refractivity contribution in [3.05, 3.63) is 101 Å². The van der Waals surface area contributed by atoms with Gasteiger partial charge < -0.3 is 4.90 Å². The number of hydrogen-bond donors (Lipinski definition) is 0. The van der Waals surface area contributed by atoms with Gasteiger partial charge in [-0.05, 0) is 42.5 Å². The number of hydrogen-bond acceptors (Lipinski definition) is 2. The Morgan fingerprint density at radius 3 is 2.10 bits per heavy atom. The summed E-state index contributed by atoms with van der Waals surface area (Å²) in [6.07, 6.45) is 2.29. The number of aryl methyl sites for hydroxylation is 1. The molecule has 0 saturated heterocycles. The molecule has 4 rings (SSSR count). The Labute approximate surface area is 172 Å². The number of nitrogens with zero attached hydrogens (tertiary/aromatic N) is 1. The lowest BCUT2D eigenvalue weighted by Gasteiger charge is -2.31. The molecular formula is C26H25NO2. The van der Waals surface area contributed by atoms with Crippen molar-refractivity contribution >= 4 is 17.4 Å². The Morgan fingerprint density at radius 1 is 0.897 bits per heavy atom. The Hall–Kier alpha value is -3.20. The summed E-state index contributed by atoms with van der Waals surface area (Å²) in [6, 6.07) is 26.2. The number of rotatable bonds is 5. The first kappa shape index (κ1) is 19.1. The summed E-state index contributed by atoms with van der Waals surface area (Å²) in [4.78, 5) is 27.2. The SMILES string of the molecule is CC(=O)c1ccc2c(c1)N(C(=O)CC(c1ccccc1)c1ccccc1)CCC2. The zero-order chi connectivity index (χ0) is 20.2. The standard InChI is InChI=1S/C26H25NO2/c1-19(28)23-15-14-22-13-8-16-27(25(22)17-23)26(29)18-24(20-9-4-2-5-10-20)21-11-6-3-7-12-21/h2-7,9-12,14-15,17,24H,8,13,16,18H2,1H3. The van der Waals surface area contributed by atoms with Gasteiger partial charge in [0.15, 0.2) is 5.78 Å². The minimum Gasteiger partial charge on any atom is -0.312 e. The molecule has 1 heterocycles. The van der Waals surface area contributed by atoms with Gasteiger partial charge in [0.1, 0.15) is 0 Å². The molecule has 3 nitrogen and oxygen atoms in total. The molecule has 1 amide bonds. The van der Waals surface area contributed by atoms with Crippen molar-refractivity contribution in [2.75, 3.05) is 11.4 Å². The van der Waals surface area contributed by atoms with Gasteiger partial charge in [0.25, 0.3) is 0 Å². The second-order valence-corrected chi connectivity index (χ2v) is 7.63. The van der Waals surface area contributed by atoms with Gasteiger partial charge in [-0.15, -0.1) is 0 Å². The van der Waals surface area contributed by atoms with Crippen LogP contribution in [0.25, 0.3) is 0 Å². The molecule has 0 saturated carbocycles. The van der Waals surface area contributed by atoms with Crippen LogP contribution in [0.4, 0.5) is 5.69 Å². The van der Waals surface area contributed by atoms with E-state index in [1.54, 1.807) is 6.92 Å². The lowest BCUT2D eigenvalue weighted by atomic mass is 9.87. The Balaban J connectivity index is 1.66. The molecular weight excluding hydrogens is 358 g/mol. The number of benzene rings is 3. The highest BCUT2D eigenvalue weighted by atomic mass is 16.2. The monoisotopic (exact) mass is 383 g/mol. The van der Waals surface area contributed by atoms with E-state index in [0.717, 1.165) is 35.2 Å². The summed E-state index contributed by atoms with van der Waals surface area (Å²) in [5.74, 6) is 0.132. The van der Waals surface area contributed by atoms with E-state index >= 15 is 0 Å². The third kappa shape index (κ3) is 4.14. The van der Waals surface area contributed by atoms with Crippen LogP contribution in [0.1, 0.15) is 52.7 Å². The van der Waals surface area contributed by atoms with E-state index in [9.17, 15) is 9.59 Å². The van der Waals surface area contributed by atoms with Gasteiger partial charge in [0, 0.05) is 30.1 Å². The fraction of sp³-hybridized carbons (Fsp3) is 0.231. The Kier molecular flexibility index (Phi) is 5.57. The quantitative estimate of drug-likeness (QED) is 0.554. The predicted octanol–water partition coefficient (Wildman–Crippen LogP) is 5.39. The van der Waals surface area contributed by atoms with E-state index < -0.39 is 0 Å². The van der Waals surface area contributed by atoms with E-state index in [1.807, 2.05) is 59.5 Å². The van der Waals surface area contributed by atoms with Gasteiger partial charge in [-0.2, -0.15) is 0 Å². The Morgan fingerprint density at radius 2 is 1.52 bits per heavy atom. The number of anilines is 1. The van der Waals surface area contributed by atoms with Gasteiger partial charge in [-0.25, -0.2) is 0 Å². The average Bonchev–Trinajstić information content (AvgIpc) is 2.77. The van der Waals surface area contributed by atoms with Gasteiger partial charge in [0.05, 0.1) is 0 Å². The minimum atomic E-state index is 0.00580. The molecule has 3 aromatic carbocycles. The number of amides is 1. The van der Waals surface area contributed by atoms with Crippen LogP contribution in [0.2, 0.25) is 0 Å². The minimum absolute atomic E-state index is 0.00580. The van der Waals surface area contributed by atoms with E-state index in [1.165, 1.54) is 0 Å². The third-order valence-electron chi connectivity index (χ3n) is 5.69. The first-order valence-corrected chi connectivity index (χ1v) is 10.2. The average molecular weight is 383 g/mol. The van der Waals surface area contributed by atoms with E-state index in [0.29, 0.717) is 18.5 Å². The number of Topliss-reactive ketones (excluding diaryl/α,β-unsaturated/α-hetero) is 1. The third-order valence-corrected chi connectivity index (χ3v) is 5.69. The molecule has 1 aliphatic rings. The van der Waals surface area contributed by atoms with Crippen molar-refractivity contribution < 1.29 is 9.59 Å². The molecule has 0 aromatic heterocycles. The first-order valence-electron chi connectivity index (χ1n) is 10.2. The van der Waals surface area contributed by atoms with Crippen LogP contribution < -0.4 is 4.90 Å². The maximum atomic E-state index is 13.4. The highest BCUT2D eigenvalue weighted by Crippen LogP contribution is 2.33. The molecule has 3 aromatic rings. The zero-order valence-corrected chi connectivity index (χ0v) is 16.7. The van der Waals surface area contributed by atoms with Gasteiger partial charge in [0.2, 0.25) is 5.91 Å². The smallest absolute Gasteiger partial charge is 0.227 e. The van der Waals surface area contributed by atoms with Crippen LogP contribution in [0.15, 0.2) is 78.9 Å². The van der Waals surface area contributed by atoms with Gasteiger partial charge in [-0.3, -0.25) is 9.59 Å². The second kappa shape index (κ2) is 8.44. The van der Waals surface area contributed by atoms with Crippen LogP contribution in [0.5, 0.6) is 0 Å². The lowest BCUT2D eigenvalue weighted by Crippen LogP contribution is -2.36. The zero-order valence-electron chi connectivity index (χ0n) is 16.7. The summed E-state index contributed by atoms with van der Waals surface area (Å²) in [5.41, 5.74) is 4.98. The van der Waals surface area contributed by atoms with Crippen molar-refractivity contribution in [2.45, 2.75) is 32.1 Å². The summed E-state index contributed by atoms with van der Waals surface area (Å²) >= 11 is 0. The van der Waals surface area contributed by atoms with Crippen molar-refractivity contribution in [1.82, 2.24) is 0 Å². The van der Waals surface area contributed by atoms with Crippen LogP contribution in [0, 0.1) is 0 Å². The maximum Gasteiger partial charge on any atom is 0.227 e. The molecule has 0 N–H and O–H groups in total. The van der Waals surface area contributed by atoms with E-state index in [2.05, 4.69) is 24.3 Å². The predicted molar refractivity (Wildman–Crippen MR) is 116 cm³/mol. The van der Waals surface area contributed by atoms with Crippen LogP contribution in [0.3, 0.4) is 0 Å². The van der Waals surface area contributed by atoms with Crippen LogP contribution in [-0.4, -0.2) is 18.2 Å². The molecule has 29 heavy (non-hydrogen) atoms. The fourth-order valence-corrected chi connectivity index (χ4v) is 4.14. The molecule has 0 bridgehead atoms. The lowest BCUT2D eigenvalue weighted by molar-refractivity contribution is -0.118. The molecule has 0 aliphatic carbocycles. The molecule has 3 heteroatoms. The molecule has 0 radical (unpaired) electrons. The number of ketones is 1. The number of carbonyl (C=O) groups excluding carboxylic acids is 2. The molecule has 146 valence electrons. The maximum absolute atomic E-state index is 13.4. The van der Waals surface area contributed by atoms with Crippen molar-refractivity contribution in [1.29, 1.82) is 0 Å². The topological polar surface area (TPSA) is 37.4 Å². The highest BCUT2D eigenvalue weighted by Gasteiger charge is 2.26. The summed E-state index contributed by atoms with van der Waals surface area (Å²) in [5, 5.41) is 0. The normalized spacial score (nSPS) is 13.2. The molecule has 0 fully saturated rings. The second-order valence-electron chi connectivity index (χ2n) is 7.63. The molecule has 1 aliphatic heterocycles. The largest absolute Gasteiger partial charge is 0.312 e. The van der Waals surface area contributed by atoms with E-state index in [4.69, 9.17) is 0 Å². The molecule has 0 unspecified atom stereocenters. The Bertz CT molecular complexity index is 972. The summed E-state index contributed by atoms with van der Waals surface area (Å²) in [6.45, 7) is 2.26. The molecule has 0 spiro atoms. The highest BCUT2D eigenvalue weighted by molar-refractivity contribution is 5.99. The number of carbonyl (C=O) groups is 2. The molecule has 0 atom stereocenters. The van der Waals surface area contributed by atoms with Crippen LogP contribution >= 0.6 is 0 Å². The first-order chi connectivity index (χ1) is 14.1. The summed E-state index contributed by atoms with van der Waals surface area (Å²) < 4.78 is 0.